The van der Waals surface area contributed by atoms with E-state index in [0.717, 1.165) is 31.6 Å². The molecule has 0 atom stereocenters. The van der Waals surface area contributed by atoms with Crippen LogP contribution in [-0.4, -0.2) is 5.60 Å². The van der Waals surface area contributed by atoms with Gasteiger partial charge in [-0.2, -0.15) is 4.57 Å². The van der Waals surface area contributed by atoms with Gasteiger partial charge >= 0.3 is 0 Å². The number of pyridine rings is 1. The Morgan fingerprint density at radius 2 is 2.05 bits per heavy atom. The number of hydrogen-bond acceptors (Lipinski definition) is 1. The van der Waals surface area contributed by atoms with E-state index in [1.165, 1.54) is 22.4 Å². The zero-order chi connectivity index (χ0) is 15.2. The normalized spacial score (nSPS) is 20.4. The van der Waals surface area contributed by atoms with Gasteiger partial charge in [0.05, 0.1) is 0 Å². The highest BCUT2D eigenvalue weighted by molar-refractivity contribution is 5.80. The van der Waals surface area contributed by atoms with Crippen LogP contribution in [0, 0.1) is 0 Å². The summed E-state index contributed by atoms with van der Waals surface area (Å²) in [7, 11) is 0. The summed E-state index contributed by atoms with van der Waals surface area (Å²) in [4.78, 5) is 0. The quantitative estimate of drug-likeness (QED) is 0.724. The molecule has 1 aromatic carbocycles. The second kappa shape index (κ2) is 4.98. The Morgan fingerprint density at radius 1 is 1.14 bits per heavy atom. The monoisotopic (exact) mass is 292 g/mol. The Labute approximate surface area is 132 Å². The van der Waals surface area contributed by atoms with Crippen LogP contribution in [0.5, 0.6) is 5.75 Å². The number of benzene rings is 1. The molecule has 0 saturated heterocycles. The molecule has 112 valence electrons. The highest BCUT2D eigenvalue weighted by Gasteiger charge is 2.27. The van der Waals surface area contributed by atoms with Crippen molar-refractivity contribution in [2.75, 3.05) is 0 Å². The Hall–Kier alpha value is -2.09. The molecule has 0 bridgehead atoms. The average molecular weight is 292 g/mol. The minimum Gasteiger partial charge on any atom is -0.488 e. The summed E-state index contributed by atoms with van der Waals surface area (Å²) in [6.45, 7) is 5.42. The fraction of sp³-hybridized carbons (Fsp3) is 0.350. The van der Waals surface area contributed by atoms with Gasteiger partial charge in [0, 0.05) is 24.1 Å². The van der Waals surface area contributed by atoms with Crippen molar-refractivity contribution in [3.05, 3.63) is 59.4 Å². The van der Waals surface area contributed by atoms with Crippen LogP contribution in [0.15, 0.2) is 42.6 Å². The van der Waals surface area contributed by atoms with Crippen LogP contribution < -0.4 is 9.30 Å². The summed E-state index contributed by atoms with van der Waals surface area (Å²) >= 11 is 0. The highest BCUT2D eigenvalue weighted by atomic mass is 16.5. The number of aromatic nitrogens is 1. The molecule has 0 saturated carbocycles. The van der Waals surface area contributed by atoms with E-state index in [1.807, 2.05) is 0 Å². The lowest BCUT2D eigenvalue weighted by atomic mass is 9.93. The summed E-state index contributed by atoms with van der Waals surface area (Å²) in [5.41, 5.74) is 5.37. The van der Waals surface area contributed by atoms with E-state index in [9.17, 15) is 0 Å². The van der Waals surface area contributed by atoms with Gasteiger partial charge in [-0.25, -0.2) is 0 Å². The predicted molar refractivity (Wildman–Crippen MR) is 88.6 cm³/mol. The maximum atomic E-state index is 6.08. The molecular weight excluding hydrogens is 270 g/mol. The third kappa shape index (κ3) is 2.43. The van der Waals surface area contributed by atoms with Gasteiger partial charge in [-0.05, 0) is 62.1 Å². The Balaban J connectivity index is 1.67. The number of fused-ring (bicyclic) bond motifs is 2. The molecule has 2 heteroatoms. The van der Waals surface area contributed by atoms with E-state index >= 15 is 0 Å². The first-order chi connectivity index (χ1) is 10.6. The minimum atomic E-state index is -0.0337. The summed E-state index contributed by atoms with van der Waals surface area (Å²) in [5.74, 6) is 1.06. The lowest BCUT2D eigenvalue weighted by Crippen LogP contribution is -2.32. The van der Waals surface area contributed by atoms with Crippen LogP contribution in [-0.2, 0) is 13.0 Å². The summed E-state index contributed by atoms with van der Waals surface area (Å²) in [5, 5.41) is 0. The Kier molecular flexibility index (Phi) is 3.07. The van der Waals surface area contributed by atoms with Crippen LogP contribution in [0.1, 0.15) is 43.5 Å². The van der Waals surface area contributed by atoms with Crippen molar-refractivity contribution in [3.63, 3.8) is 0 Å². The number of allylic oxidation sites excluding steroid dienone is 1. The molecule has 2 aliphatic heterocycles. The molecule has 4 rings (SSSR count). The number of hydrogen-bond donors (Lipinski definition) is 0. The van der Waals surface area contributed by atoms with Gasteiger partial charge in [0.1, 0.15) is 11.4 Å². The fourth-order valence-corrected chi connectivity index (χ4v) is 3.45. The molecule has 0 amide bonds. The van der Waals surface area contributed by atoms with Crippen LogP contribution in [0.4, 0.5) is 0 Å². The smallest absolute Gasteiger partial charge is 0.208 e. The molecule has 0 spiro atoms. The Morgan fingerprint density at radius 3 is 2.95 bits per heavy atom. The lowest BCUT2D eigenvalue weighted by molar-refractivity contribution is -0.689. The molecule has 2 nitrogen and oxygen atoms in total. The molecule has 3 heterocycles. The first-order valence-electron chi connectivity index (χ1n) is 8.12. The maximum absolute atomic E-state index is 6.08. The number of aryl methyl sites for hydroxylation is 2. The van der Waals surface area contributed by atoms with Gasteiger partial charge in [-0.15, -0.1) is 0 Å². The van der Waals surface area contributed by atoms with Crippen molar-refractivity contribution in [1.82, 2.24) is 0 Å². The van der Waals surface area contributed by atoms with Crippen molar-refractivity contribution in [2.24, 2.45) is 0 Å². The summed E-state index contributed by atoms with van der Waals surface area (Å²) in [6.07, 6.45) is 7.80. The SMILES string of the molecule is CC1(C)CCc2cc(/C=C3\CC[n+]4ccccc43)ccc2O1. The standard InChI is InChI=1S/C20H22NO/c1-20(2)10-8-17-14-15(6-7-19(17)22-20)13-16-9-12-21-11-4-3-5-18(16)21/h3-7,11,13-14H,8-10,12H2,1-2H3/q+1/b16-13+. The molecule has 22 heavy (non-hydrogen) atoms. The molecule has 2 aliphatic rings. The third-order valence-electron chi connectivity index (χ3n) is 4.70. The van der Waals surface area contributed by atoms with E-state index in [-0.39, 0.29) is 5.60 Å². The lowest BCUT2D eigenvalue weighted by Gasteiger charge is -2.32. The molecule has 0 aliphatic carbocycles. The fourth-order valence-electron chi connectivity index (χ4n) is 3.45. The molecular formula is C20H22NO+. The molecule has 0 N–H and O–H groups in total. The van der Waals surface area contributed by atoms with E-state index < -0.39 is 0 Å². The zero-order valence-corrected chi connectivity index (χ0v) is 13.3. The van der Waals surface area contributed by atoms with E-state index in [0.29, 0.717) is 0 Å². The third-order valence-corrected chi connectivity index (χ3v) is 4.70. The van der Waals surface area contributed by atoms with Crippen LogP contribution in [0.2, 0.25) is 0 Å². The molecule has 2 aromatic rings. The van der Waals surface area contributed by atoms with Gasteiger partial charge in [-0.3, -0.25) is 0 Å². The Bertz CT molecular complexity index is 758. The van der Waals surface area contributed by atoms with Crippen LogP contribution in [0.25, 0.3) is 11.6 Å². The van der Waals surface area contributed by atoms with Gasteiger partial charge in [-0.1, -0.05) is 6.07 Å². The minimum absolute atomic E-state index is 0.0337. The van der Waals surface area contributed by atoms with Gasteiger partial charge in [0.15, 0.2) is 12.7 Å². The number of nitrogens with zero attached hydrogens (tertiary/aromatic N) is 1. The second-order valence-electron chi connectivity index (χ2n) is 6.93. The van der Waals surface area contributed by atoms with E-state index in [2.05, 4.69) is 67.1 Å². The molecule has 0 fully saturated rings. The predicted octanol–water partition coefficient (Wildman–Crippen LogP) is 4.02. The van der Waals surface area contributed by atoms with E-state index in [1.54, 1.807) is 0 Å². The molecule has 0 unspecified atom stereocenters. The first-order valence-corrected chi connectivity index (χ1v) is 8.12. The first kappa shape index (κ1) is 13.6. The maximum Gasteiger partial charge on any atom is 0.208 e. The van der Waals surface area contributed by atoms with Crippen LogP contribution in [0.3, 0.4) is 0 Å². The topological polar surface area (TPSA) is 13.1 Å². The number of rotatable bonds is 1. The van der Waals surface area contributed by atoms with Crippen molar-refractivity contribution >= 4 is 11.6 Å². The molecule has 1 aromatic heterocycles. The largest absolute Gasteiger partial charge is 0.488 e. The van der Waals surface area contributed by atoms with Crippen molar-refractivity contribution in [2.45, 2.75) is 45.3 Å². The van der Waals surface area contributed by atoms with E-state index in [4.69, 9.17) is 4.74 Å². The molecule has 0 radical (unpaired) electrons. The summed E-state index contributed by atoms with van der Waals surface area (Å²) < 4.78 is 8.40. The van der Waals surface area contributed by atoms with Crippen molar-refractivity contribution < 1.29 is 9.30 Å². The van der Waals surface area contributed by atoms with Crippen LogP contribution >= 0.6 is 0 Å². The zero-order valence-electron chi connectivity index (χ0n) is 13.3. The highest BCUT2D eigenvalue weighted by Crippen LogP contribution is 2.34. The van der Waals surface area contributed by atoms with Gasteiger partial charge < -0.3 is 4.74 Å². The number of ether oxygens (including phenoxy) is 1. The second-order valence-corrected chi connectivity index (χ2v) is 6.93. The van der Waals surface area contributed by atoms with Crippen molar-refractivity contribution in [1.29, 1.82) is 0 Å². The van der Waals surface area contributed by atoms with Crippen molar-refractivity contribution in [3.8, 4) is 5.75 Å². The van der Waals surface area contributed by atoms with Gasteiger partial charge in [0.2, 0.25) is 5.69 Å². The van der Waals surface area contributed by atoms with Gasteiger partial charge in [0.25, 0.3) is 0 Å². The average Bonchev–Trinajstić information content (AvgIpc) is 2.90. The summed E-state index contributed by atoms with van der Waals surface area (Å²) in [6, 6.07) is 13.0.